The van der Waals surface area contributed by atoms with Crippen molar-refractivity contribution in [1.82, 2.24) is 4.98 Å². The van der Waals surface area contributed by atoms with Gasteiger partial charge < -0.3 is 0 Å². The fraction of sp³-hybridized carbons (Fsp3) is 0.219. The smallest absolute Gasteiger partial charge is 0.0791 e. The van der Waals surface area contributed by atoms with Crippen molar-refractivity contribution in [3.63, 3.8) is 0 Å². The van der Waals surface area contributed by atoms with Crippen LogP contribution in [0, 0.1) is 0 Å². The van der Waals surface area contributed by atoms with Gasteiger partial charge in [-0.3, -0.25) is 0 Å². The van der Waals surface area contributed by atoms with Crippen molar-refractivity contribution in [2.24, 2.45) is 0 Å². The monoisotopic (exact) mass is 427 g/mol. The molecule has 0 atom stereocenters. The number of rotatable bonds is 1. The number of pyridine rings is 1. The Morgan fingerprint density at radius 3 is 2.18 bits per heavy atom. The van der Waals surface area contributed by atoms with Gasteiger partial charge >= 0.3 is 0 Å². The predicted octanol–water partition coefficient (Wildman–Crippen LogP) is 8.66. The molecule has 1 aliphatic rings. The summed E-state index contributed by atoms with van der Waals surface area (Å²) in [5, 5.41) is 3.86. The van der Waals surface area contributed by atoms with Gasteiger partial charge in [0.05, 0.1) is 11.2 Å². The van der Waals surface area contributed by atoms with Crippen LogP contribution in [0.15, 0.2) is 84.9 Å². The minimum Gasteiger partial charge on any atom is -0.247 e. The third-order valence-corrected chi connectivity index (χ3v) is 7.33. The van der Waals surface area contributed by atoms with Crippen molar-refractivity contribution in [3.05, 3.63) is 102 Å². The van der Waals surface area contributed by atoms with E-state index in [0.29, 0.717) is 0 Å². The van der Waals surface area contributed by atoms with Crippen LogP contribution in [-0.4, -0.2) is 4.98 Å². The summed E-state index contributed by atoms with van der Waals surface area (Å²) < 4.78 is 0. The molecule has 0 radical (unpaired) electrons. The number of para-hydroxylation sites is 1. The van der Waals surface area contributed by atoms with E-state index in [1.165, 1.54) is 49.5 Å². The predicted molar refractivity (Wildman–Crippen MR) is 141 cm³/mol. The lowest BCUT2D eigenvalue weighted by molar-refractivity contribution is 0.596. The quantitative estimate of drug-likeness (QED) is 0.261. The maximum Gasteiger partial charge on any atom is 0.0791 e. The minimum absolute atomic E-state index is 0.0345. The standard InChI is InChI=1S/C32H29N/c1-31(2,3)26-19-21(18-20-12-6-7-13-22(20)26)30-28-23-14-8-10-16-25(23)32(4,5)29(28)24-15-9-11-17-27(24)33-30/h6-19H,1-5H3. The Labute approximate surface area is 196 Å². The van der Waals surface area contributed by atoms with Crippen LogP contribution >= 0.6 is 0 Å². The molecule has 4 aromatic carbocycles. The molecule has 5 aromatic rings. The molecule has 0 saturated heterocycles. The van der Waals surface area contributed by atoms with E-state index >= 15 is 0 Å². The Balaban J connectivity index is 1.78. The summed E-state index contributed by atoms with van der Waals surface area (Å²) in [6, 6.07) is 31.0. The Hall–Kier alpha value is -3.45. The number of hydrogen-bond donors (Lipinski definition) is 0. The summed E-state index contributed by atoms with van der Waals surface area (Å²) in [6.07, 6.45) is 0. The van der Waals surface area contributed by atoms with E-state index in [4.69, 9.17) is 4.98 Å². The van der Waals surface area contributed by atoms with Gasteiger partial charge in [-0.15, -0.1) is 0 Å². The highest BCUT2D eigenvalue weighted by molar-refractivity contribution is 6.02. The van der Waals surface area contributed by atoms with Gasteiger partial charge in [0.1, 0.15) is 0 Å². The van der Waals surface area contributed by atoms with E-state index in [1.54, 1.807) is 0 Å². The fourth-order valence-electron chi connectivity index (χ4n) is 5.78. The van der Waals surface area contributed by atoms with E-state index in [9.17, 15) is 0 Å². The van der Waals surface area contributed by atoms with E-state index in [2.05, 4.69) is 120 Å². The topological polar surface area (TPSA) is 12.9 Å². The van der Waals surface area contributed by atoms with Gasteiger partial charge in [0.2, 0.25) is 0 Å². The molecule has 0 spiro atoms. The minimum atomic E-state index is -0.0765. The molecule has 1 heteroatoms. The van der Waals surface area contributed by atoms with Crippen LogP contribution in [0.4, 0.5) is 0 Å². The zero-order chi connectivity index (χ0) is 23.0. The zero-order valence-corrected chi connectivity index (χ0v) is 20.0. The van der Waals surface area contributed by atoms with E-state index < -0.39 is 0 Å². The van der Waals surface area contributed by atoms with Crippen LogP contribution in [0.3, 0.4) is 0 Å². The Kier molecular flexibility index (Phi) is 4.14. The van der Waals surface area contributed by atoms with E-state index in [1.807, 2.05) is 0 Å². The van der Waals surface area contributed by atoms with Gasteiger partial charge in [0.15, 0.2) is 0 Å². The first-order valence-electron chi connectivity index (χ1n) is 11.8. The number of aromatic nitrogens is 1. The molecule has 0 saturated carbocycles. The van der Waals surface area contributed by atoms with E-state index in [-0.39, 0.29) is 10.8 Å². The average Bonchev–Trinajstić information content (AvgIpc) is 3.05. The molecular weight excluding hydrogens is 398 g/mol. The summed E-state index contributed by atoms with van der Waals surface area (Å²) in [4.78, 5) is 5.31. The molecular formula is C32H29N. The maximum absolute atomic E-state index is 5.31. The first-order valence-corrected chi connectivity index (χ1v) is 11.8. The highest BCUT2D eigenvalue weighted by atomic mass is 14.7. The highest BCUT2D eigenvalue weighted by Gasteiger charge is 2.39. The fourth-order valence-corrected chi connectivity index (χ4v) is 5.78. The first-order chi connectivity index (χ1) is 15.8. The lowest BCUT2D eigenvalue weighted by Gasteiger charge is -2.25. The second kappa shape index (κ2) is 6.78. The average molecular weight is 428 g/mol. The second-order valence-electron chi connectivity index (χ2n) is 10.9. The SMILES string of the molecule is CC(C)(C)c1cc(-c2nc3ccccc3c3c2-c2ccccc2C3(C)C)cc2ccccc12. The normalized spacial score (nSPS) is 14.5. The van der Waals surface area contributed by atoms with Crippen molar-refractivity contribution in [2.45, 2.75) is 45.4 Å². The molecule has 0 fully saturated rings. The Morgan fingerprint density at radius 2 is 1.39 bits per heavy atom. The van der Waals surface area contributed by atoms with Crippen LogP contribution in [0.2, 0.25) is 0 Å². The Bertz CT molecular complexity index is 1560. The third kappa shape index (κ3) is 2.88. The van der Waals surface area contributed by atoms with Gasteiger partial charge in [0.25, 0.3) is 0 Å². The molecule has 1 heterocycles. The largest absolute Gasteiger partial charge is 0.247 e. The van der Waals surface area contributed by atoms with Crippen LogP contribution in [0.5, 0.6) is 0 Å². The summed E-state index contributed by atoms with van der Waals surface area (Å²) in [5.41, 5.74) is 10.1. The van der Waals surface area contributed by atoms with Gasteiger partial charge in [-0.05, 0) is 56.6 Å². The molecule has 0 amide bonds. The van der Waals surface area contributed by atoms with Crippen molar-refractivity contribution in [3.8, 4) is 22.4 Å². The van der Waals surface area contributed by atoms with Crippen LogP contribution in [-0.2, 0) is 10.8 Å². The summed E-state index contributed by atoms with van der Waals surface area (Å²) in [6.45, 7) is 11.6. The number of hydrogen-bond acceptors (Lipinski definition) is 1. The molecule has 0 aliphatic heterocycles. The molecule has 6 rings (SSSR count). The molecule has 0 N–H and O–H groups in total. The first kappa shape index (κ1) is 20.2. The van der Waals surface area contributed by atoms with Crippen LogP contribution in [0.1, 0.15) is 51.3 Å². The number of fused-ring (bicyclic) bond motifs is 6. The molecule has 1 nitrogen and oxygen atoms in total. The highest BCUT2D eigenvalue weighted by Crippen LogP contribution is 2.54. The molecule has 162 valence electrons. The third-order valence-electron chi connectivity index (χ3n) is 7.33. The molecule has 0 bridgehead atoms. The van der Waals surface area contributed by atoms with Gasteiger partial charge in [-0.2, -0.15) is 0 Å². The van der Waals surface area contributed by atoms with Gasteiger partial charge in [-0.25, -0.2) is 4.98 Å². The molecule has 33 heavy (non-hydrogen) atoms. The molecule has 1 aromatic heterocycles. The summed E-state index contributed by atoms with van der Waals surface area (Å²) in [5.74, 6) is 0. The summed E-state index contributed by atoms with van der Waals surface area (Å²) >= 11 is 0. The van der Waals surface area contributed by atoms with Gasteiger partial charge in [0, 0.05) is 21.9 Å². The van der Waals surface area contributed by atoms with Crippen molar-refractivity contribution in [2.75, 3.05) is 0 Å². The lowest BCUT2D eigenvalue weighted by Crippen LogP contribution is -2.16. The van der Waals surface area contributed by atoms with Crippen molar-refractivity contribution < 1.29 is 0 Å². The summed E-state index contributed by atoms with van der Waals surface area (Å²) in [7, 11) is 0. The van der Waals surface area contributed by atoms with Crippen molar-refractivity contribution in [1.29, 1.82) is 0 Å². The zero-order valence-electron chi connectivity index (χ0n) is 20.0. The van der Waals surface area contributed by atoms with Gasteiger partial charge in [-0.1, -0.05) is 101 Å². The lowest BCUT2D eigenvalue weighted by atomic mass is 9.80. The maximum atomic E-state index is 5.31. The van der Waals surface area contributed by atoms with Crippen LogP contribution in [0.25, 0.3) is 44.1 Å². The van der Waals surface area contributed by atoms with Crippen LogP contribution < -0.4 is 0 Å². The molecule has 0 unspecified atom stereocenters. The number of benzene rings is 4. The molecule has 1 aliphatic carbocycles. The second-order valence-corrected chi connectivity index (χ2v) is 10.9. The number of nitrogens with zero attached hydrogens (tertiary/aromatic N) is 1. The Morgan fingerprint density at radius 1 is 0.727 bits per heavy atom. The van der Waals surface area contributed by atoms with Crippen molar-refractivity contribution >= 4 is 21.7 Å². The van der Waals surface area contributed by atoms with E-state index in [0.717, 1.165) is 11.2 Å².